The van der Waals surface area contributed by atoms with Crippen LogP contribution in [0.25, 0.3) is 0 Å². The summed E-state index contributed by atoms with van der Waals surface area (Å²) in [7, 11) is 1.71. The number of hydrogen-bond acceptors (Lipinski definition) is 4. The number of methoxy groups -OCH3 is 1. The van der Waals surface area contributed by atoms with E-state index in [1.54, 1.807) is 7.11 Å². The molecule has 2 aliphatic rings. The average molecular weight is 289 g/mol. The summed E-state index contributed by atoms with van der Waals surface area (Å²) < 4.78 is 5.22. The minimum Gasteiger partial charge on any atom is -0.497 e. The van der Waals surface area contributed by atoms with E-state index < -0.39 is 0 Å². The van der Waals surface area contributed by atoms with Crippen molar-refractivity contribution < 1.29 is 4.74 Å². The monoisotopic (exact) mass is 289 g/mol. The summed E-state index contributed by atoms with van der Waals surface area (Å²) in [6, 6.07) is 8.41. The molecule has 0 aromatic heterocycles. The van der Waals surface area contributed by atoms with E-state index in [9.17, 15) is 0 Å². The van der Waals surface area contributed by atoms with Crippen molar-refractivity contribution in [3.05, 3.63) is 24.3 Å². The predicted octanol–water partition coefficient (Wildman–Crippen LogP) is 1.82. The van der Waals surface area contributed by atoms with Gasteiger partial charge in [-0.2, -0.15) is 0 Å². The minimum atomic E-state index is 0.930. The number of nitrogens with zero attached hydrogens (tertiary/aromatic N) is 2. The van der Waals surface area contributed by atoms with Crippen molar-refractivity contribution in [1.82, 2.24) is 10.2 Å². The van der Waals surface area contributed by atoms with Crippen LogP contribution in [0.5, 0.6) is 5.75 Å². The Morgan fingerprint density at radius 2 is 1.81 bits per heavy atom. The summed E-state index contributed by atoms with van der Waals surface area (Å²) in [4.78, 5) is 5.04. The van der Waals surface area contributed by atoms with E-state index in [4.69, 9.17) is 4.74 Å². The van der Waals surface area contributed by atoms with Crippen molar-refractivity contribution in [2.75, 3.05) is 57.8 Å². The van der Waals surface area contributed by atoms with E-state index in [1.807, 2.05) is 12.1 Å². The molecule has 1 aromatic rings. The number of ether oxygens (including phenoxy) is 1. The van der Waals surface area contributed by atoms with Gasteiger partial charge in [-0.1, -0.05) is 0 Å². The molecule has 1 heterocycles. The molecule has 4 heteroatoms. The highest BCUT2D eigenvalue weighted by Gasteiger charge is 2.20. The van der Waals surface area contributed by atoms with Crippen LogP contribution in [0.2, 0.25) is 0 Å². The van der Waals surface area contributed by atoms with Gasteiger partial charge in [0, 0.05) is 45.0 Å². The quantitative estimate of drug-likeness (QED) is 0.775. The topological polar surface area (TPSA) is 27.7 Å². The zero-order valence-electron chi connectivity index (χ0n) is 13.1. The predicted molar refractivity (Wildman–Crippen MR) is 87.2 cm³/mol. The van der Waals surface area contributed by atoms with E-state index in [2.05, 4.69) is 27.2 Å². The maximum atomic E-state index is 5.22. The molecule has 1 saturated heterocycles. The maximum Gasteiger partial charge on any atom is 0.119 e. The summed E-state index contributed by atoms with van der Waals surface area (Å²) >= 11 is 0. The first-order valence-electron chi connectivity index (χ1n) is 8.17. The molecule has 4 nitrogen and oxygen atoms in total. The molecule has 1 aliphatic carbocycles. The van der Waals surface area contributed by atoms with Crippen molar-refractivity contribution in [2.45, 2.75) is 12.8 Å². The normalized spacial score (nSPS) is 19.8. The molecule has 0 atom stereocenters. The smallest absolute Gasteiger partial charge is 0.119 e. The van der Waals surface area contributed by atoms with Crippen molar-refractivity contribution in [3.8, 4) is 5.75 Å². The molecule has 3 rings (SSSR count). The summed E-state index contributed by atoms with van der Waals surface area (Å²) in [5.74, 6) is 1.91. The number of piperazine rings is 1. The Labute approximate surface area is 128 Å². The van der Waals surface area contributed by atoms with E-state index >= 15 is 0 Å². The first-order chi connectivity index (χ1) is 10.3. The average Bonchev–Trinajstić information content (AvgIpc) is 3.37. The van der Waals surface area contributed by atoms with Gasteiger partial charge >= 0.3 is 0 Å². The highest BCUT2D eigenvalue weighted by atomic mass is 16.5. The van der Waals surface area contributed by atoms with E-state index in [0.717, 1.165) is 44.4 Å². The Hall–Kier alpha value is -1.26. The van der Waals surface area contributed by atoms with E-state index in [0.29, 0.717) is 0 Å². The van der Waals surface area contributed by atoms with Crippen LogP contribution in [0, 0.1) is 5.92 Å². The standard InChI is InChI=1S/C17H27N3O/c1-21-17-6-4-16(5-7-17)20-12-10-19(11-13-20)9-8-18-14-15-2-3-15/h4-7,15,18H,2-3,8-14H2,1H3. The first kappa shape index (κ1) is 14.7. The van der Waals surface area contributed by atoms with Gasteiger partial charge in [-0.25, -0.2) is 0 Å². The largest absolute Gasteiger partial charge is 0.497 e. The van der Waals surface area contributed by atoms with Crippen molar-refractivity contribution in [2.24, 2.45) is 5.92 Å². The molecule has 0 amide bonds. The molecule has 0 radical (unpaired) electrons. The van der Waals surface area contributed by atoms with Gasteiger partial charge in [-0.3, -0.25) is 4.90 Å². The second-order valence-electron chi connectivity index (χ2n) is 6.17. The SMILES string of the molecule is COc1ccc(N2CCN(CCNCC3CC3)CC2)cc1. The zero-order valence-corrected chi connectivity index (χ0v) is 13.1. The van der Waals surface area contributed by atoms with Gasteiger partial charge in [-0.05, 0) is 49.6 Å². The Bertz CT molecular complexity index is 422. The Kier molecular flexibility index (Phi) is 4.99. The molecular formula is C17H27N3O. The molecule has 1 aromatic carbocycles. The van der Waals surface area contributed by atoms with Crippen LogP contribution in [0.15, 0.2) is 24.3 Å². The third kappa shape index (κ3) is 4.35. The summed E-state index contributed by atoms with van der Waals surface area (Å²) in [6.07, 6.45) is 2.88. The highest BCUT2D eigenvalue weighted by molar-refractivity contribution is 5.49. The molecule has 2 fully saturated rings. The van der Waals surface area contributed by atoms with Crippen LogP contribution < -0.4 is 15.0 Å². The van der Waals surface area contributed by atoms with Crippen LogP contribution in [0.1, 0.15) is 12.8 Å². The Morgan fingerprint density at radius 3 is 2.43 bits per heavy atom. The van der Waals surface area contributed by atoms with E-state index in [1.165, 1.54) is 31.6 Å². The molecular weight excluding hydrogens is 262 g/mol. The fourth-order valence-corrected chi connectivity index (χ4v) is 2.89. The molecule has 0 spiro atoms. The number of nitrogens with one attached hydrogen (secondary N) is 1. The second kappa shape index (κ2) is 7.14. The molecule has 116 valence electrons. The Balaban J connectivity index is 1.37. The van der Waals surface area contributed by atoms with Crippen molar-refractivity contribution in [3.63, 3.8) is 0 Å². The lowest BCUT2D eigenvalue weighted by atomic mass is 10.2. The fourth-order valence-electron chi connectivity index (χ4n) is 2.89. The van der Waals surface area contributed by atoms with Crippen LogP contribution in [0.4, 0.5) is 5.69 Å². The first-order valence-corrected chi connectivity index (χ1v) is 8.17. The molecule has 1 N–H and O–H groups in total. The third-order valence-electron chi connectivity index (χ3n) is 4.54. The molecule has 0 unspecified atom stereocenters. The minimum absolute atomic E-state index is 0.930. The van der Waals surface area contributed by atoms with Gasteiger partial charge in [0.1, 0.15) is 5.75 Å². The van der Waals surface area contributed by atoms with Gasteiger partial charge in [0.25, 0.3) is 0 Å². The number of rotatable bonds is 7. The highest BCUT2D eigenvalue weighted by Crippen LogP contribution is 2.27. The van der Waals surface area contributed by atoms with Crippen molar-refractivity contribution in [1.29, 1.82) is 0 Å². The zero-order chi connectivity index (χ0) is 14.5. The molecule has 0 bridgehead atoms. The second-order valence-corrected chi connectivity index (χ2v) is 6.17. The fraction of sp³-hybridized carbons (Fsp3) is 0.647. The van der Waals surface area contributed by atoms with Gasteiger partial charge in [0.15, 0.2) is 0 Å². The lowest BCUT2D eigenvalue weighted by molar-refractivity contribution is 0.257. The molecule has 1 saturated carbocycles. The van der Waals surface area contributed by atoms with Crippen LogP contribution >= 0.6 is 0 Å². The molecule has 1 aliphatic heterocycles. The summed E-state index contributed by atoms with van der Waals surface area (Å²) in [5, 5.41) is 3.58. The number of anilines is 1. The summed E-state index contributed by atoms with van der Waals surface area (Å²) in [5.41, 5.74) is 1.31. The van der Waals surface area contributed by atoms with Gasteiger partial charge in [0.2, 0.25) is 0 Å². The van der Waals surface area contributed by atoms with Crippen LogP contribution in [-0.4, -0.2) is 57.8 Å². The Morgan fingerprint density at radius 1 is 1.10 bits per heavy atom. The third-order valence-corrected chi connectivity index (χ3v) is 4.54. The summed E-state index contributed by atoms with van der Waals surface area (Å²) in [6.45, 7) is 8.12. The van der Waals surface area contributed by atoms with Crippen molar-refractivity contribution >= 4 is 5.69 Å². The maximum absolute atomic E-state index is 5.22. The van der Waals surface area contributed by atoms with Crippen LogP contribution in [-0.2, 0) is 0 Å². The van der Waals surface area contributed by atoms with Gasteiger partial charge in [-0.15, -0.1) is 0 Å². The number of benzene rings is 1. The van der Waals surface area contributed by atoms with E-state index in [-0.39, 0.29) is 0 Å². The lowest BCUT2D eigenvalue weighted by Gasteiger charge is -2.36. The van der Waals surface area contributed by atoms with Gasteiger partial charge in [0.05, 0.1) is 7.11 Å². The lowest BCUT2D eigenvalue weighted by Crippen LogP contribution is -2.48. The number of hydrogen-bond donors (Lipinski definition) is 1. The molecule has 21 heavy (non-hydrogen) atoms. The van der Waals surface area contributed by atoms with Gasteiger partial charge < -0.3 is 15.0 Å². The van der Waals surface area contributed by atoms with Crippen LogP contribution in [0.3, 0.4) is 0 Å².